The molecule has 0 fully saturated rings. The van der Waals surface area contributed by atoms with Crippen molar-refractivity contribution in [3.05, 3.63) is 59.7 Å². The van der Waals surface area contributed by atoms with Crippen LogP contribution in [0.1, 0.15) is 35.7 Å². The van der Waals surface area contributed by atoms with E-state index in [1.807, 2.05) is 24.5 Å². The maximum atomic E-state index is 12.2. The lowest BCUT2D eigenvalue weighted by molar-refractivity contribution is -0.153. The van der Waals surface area contributed by atoms with Crippen LogP contribution >= 0.6 is 11.8 Å². The first-order chi connectivity index (χ1) is 13.4. The summed E-state index contributed by atoms with van der Waals surface area (Å²) in [5.74, 6) is -1.34. The van der Waals surface area contributed by atoms with E-state index >= 15 is 0 Å². The number of nitriles is 1. The van der Waals surface area contributed by atoms with E-state index in [-0.39, 0.29) is 18.6 Å². The molecule has 1 atom stereocenters. The minimum absolute atomic E-state index is 0.00303. The Morgan fingerprint density at radius 1 is 1.11 bits per heavy atom. The van der Waals surface area contributed by atoms with Gasteiger partial charge in [-0.2, -0.15) is 5.26 Å². The third-order valence-corrected chi connectivity index (χ3v) is 4.69. The second kappa shape index (κ2) is 10.3. The Labute approximate surface area is 167 Å². The number of thioether (sulfide) groups is 1. The number of hydrogen-bond acceptors (Lipinski definition) is 6. The molecule has 2 aromatic rings. The number of ketones is 1. The summed E-state index contributed by atoms with van der Waals surface area (Å²) in [5, 5.41) is 11.6. The van der Waals surface area contributed by atoms with Crippen LogP contribution in [0.25, 0.3) is 0 Å². The Kier molecular flexibility index (Phi) is 7.78. The maximum Gasteiger partial charge on any atom is 0.307 e. The Morgan fingerprint density at radius 3 is 2.43 bits per heavy atom. The maximum absolute atomic E-state index is 12.2. The predicted molar refractivity (Wildman–Crippen MR) is 107 cm³/mol. The molecule has 7 heteroatoms. The second-order valence-electron chi connectivity index (χ2n) is 5.93. The highest BCUT2D eigenvalue weighted by Gasteiger charge is 2.19. The van der Waals surface area contributed by atoms with Gasteiger partial charge in [-0.3, -0.25) is 14.4 Å². The fourth-order valence-electron chi connectivity index (χ4n) is 2.37. The number of anilines is 1. The molecule has 0 aliphatic carbocycles. The first-order valence-electron chi connectivity index (χ1n) is 8.61. The number of nitrogens with one attached hydrogen (secondary N) is 1. The number of carbonyl (C=O) groups excluding carboxylic acids is 3. The van der Waals surface area contributed by atoms with Crippen molar-refractivity contribution < 1.29 is 19.1 Å². The lowest BCUT2D eigenvalue weighted by Crippen LogP contribution is -2.30. The molecule has 1 N–H and O–H groups in total. The minimum Gasteiger partial charge on any atom is -0.453 e. The number of rotatable bonds is 8. The Morgan fingerprint density at radius 2 is 1.79 bits per heavy atom. The van der Waals surface area contributed by atoms with Crippen molar-refractivity contribution in [3.8, 4) is 6.07 Å². The highest BCUT2D eigenvalue weighted by molar-refractivity contribution is 7.98. The average Bonchev–Trinajstić information content (AvgIpc) is 2.72. The van der Waals surface area contributed by atoms with Gasteiger partial charge in [-0.1, -0.05) is 24.3 Å². The van der Waals surface area contributed by atoms with Crippen molar-refractivity contribution in [2.24, 2.45) is 0 Å². The molecule has 2 aromatic carbocycles. The molecule has 0 radical (unpaired) electrons. The lowest BCUT2D eigenvalue weighted by Gasteiger charge is -2.14. The topological polar surface area (TPSA) is 96.3 Å². The fourth-order valence-corrected chi connectivity index (χ4v) is 2.78. The van der Waals surface area contributed by atoms with Crippen LogP contribution in [0.4, 0.5) is 5.69 Å². The molecule has 6 nitrogen and oxygen atoms in total. The zero-order valence-electron chi connectivity index (χ0n) is 15.6. The van der Waals surface area contributed by atoms with E-state index in [2.05, 4.69) is 5.32 Å². The summed E-state index contributed by atoms with van der Waals surface area (Å²) >= 11 is 1.58. The van der Waals surface area contributed by atoms with Gasteiger partial charge in [0.2, 0.25) is 0 Å². The molecule has 28 heavy (non-hydrogen) atoms. The SMILES string of the molecule is CSc1ccc(C(=O)CCC(=O)O[C@@H](C)C(=O)Nc2ccccc2C#N)cc1. The van der Waals surface area contributed by atoms with Gasteiger partial charge in [-0.25, -0.2) is 0 Å². The number of amides is 1. The Hall–Kier alpha value is -3.11. The van der Waals surface area contributed by atoms with E-state index < -0.39 is 18.0 Å². The summed E-state index contributed by atoms with van der Waals surface area (Å²) in [5.41, 5.74) is 1.19. The third kappa shape index (κ3) is 5.96. The molecule has 0 unspecified atom stereocenters. The summed E-state index contributed by atoms with van der Waals surface area (Å²) in [7, 11) is 0. The van der Waals surface area contributed by atoms with Crippen molar-refractivity contribution in [1.29, 1.82) is 5.26 Å². The van der Waals surface area contributed by atoms with E-state index in [9.17, 15) is 14.4 Å². The molecule has 1 amide bonds. The number of ether oxygens (including phenoxy) is 1. The van der Waals surface area contributed by atoms with E-state index in [0.29, 0.717) is 16.8 Å². The van der Waals surface area contributed by atoms with Crippen LogP contribution in [0.15, 0.2) is 53.4 Å². The fraction of sp³-hybridized carbons (Fsp3) is 0.238. The van der Waals surface area contributed by atoms with E-state index in [1.165, 1.54) is 6.92 Å². The quantitative estimate of drug-likeness (QED) is 0.414. The zero-order chi connectivity index (χ0) is 20.5. The molecule has 0 aromatic heterocycles. The van der Waals surface area contributed by atoms with Crippen LogP contribution < -0.4 is 5.32 Å². The smallest absolute Gasteiger partial charge is 0.307 e. The molecule has 0 aliphatic rings. The van der Waals surface area contributed by atoms with Crippen molar-refractivity contribution in [2.75, 3.05) is 11.6 Å². The Balaban J connectivity index is 1.83. The van der Waals surface area contributed by atoms with Crippen LogP contribution in [0.2, 0.25) is 0 Å². The van der Waals surface area contributed by atoms with Gasteiger partial charge < -0.3 is 10.1 Å². The molecule has 0 saturated heterocycles. The highest BCUT2D eigenvalue weighted by Crippen LogP contribution is 2.17. The third-order valence-electron chi connectivity index (χ3n) is 3.95. The predicted octanol–water partition coefficient (Wildman–Crippen LogP) is 3.81. The molecule has 0 bridgehead atoms. The molecule has 0 saturated carbocycles. The Bertz CT molecular complexity index is 903. The minimum atomic E-state index is -1.05. The summed E-state index contributed by atoms with van der Waals surface area (Å²) in [6.07, 6.45) is 0.789. The van der Waals surface area contributed by atoms with E-state index in [1.54, 1.807) is 48.2 Å². The number of esters is 1. The molecular formula is C21H20N2O4S. The van der Waals surface area contributed by atoms with Crippen molar-refractivity contribution in [2.45, 2.75) is 30.8 Å². The van der Waals surface area contributed by atoms with Gasteiger partial charge in [0.25, 0.3) is 5.91 Å². The van der Waals surface area contributed by atoms with Crippen molar-refractivity contribution in [3.63, 3.8) is 0 Å². The van der Waals surface area contributed by atoms with Gasteiger partial charge in [0, 0.05) is 16.9 Å². The number of hydrogen-bond donors (Lipinski definition) is 1. The van der Waals surface area contributed by atoms with Gasteiger partial charge >= 0.3 is 5.97 Å². The molecular weight excluding hydrogens is 376 g/mol. The monoisotopic (exact) mass is 396 g/mol. The summed E-state index contributed by atoms with van der Waals surface area (Å²) in [6, 6.07) is 15.7. The van der Waals surface area contributed by atoms with Gasteiger partial charge in [0.1, 0.15) is 6.07 Å². The molecule has 144 valence electrons. The van der Waals surface area contributed by atoms with Crippen LogP contribution in [0, 0.1) is 11.3 Å². The largest absolute Gasteiger partial charge is 0.453 e. The van der Waals surface area contributed by atoms with Crippen LogP contribution in [-0.4, -0.2) is 30.0 Å². The van der Waals surface area contributed by atoms with Crippen molar-refractivity contribution in [1.82, 2.24) is 0 Å². The first-order valence-corrected chi connectivity index (χ1v) is 9.83. The molecule has 2 rings (SSSR count). The van der Waals surface area contributed by atoms with Crippen molar-refractivity contribution >= 4 is 35.1 Å². The van der Waals surface area contributed by atoms with E-state index in [4.69, 9.17) is 10.00 Å². The van der Waals surface area contributed by atoms with Gasteiger partial charge in [0.15, 0.2) is 11.9 Å². The summed E-state index contributed by atoms with van der Waals surface area (Å²) < 4.78 is 5.09. The normalized spacial score (nSPS) is 11.2. The number of Topliss-reactive ketones (excluding diaryl/α,β-unsaturated/α-hetero) is 1. The van der Waals surface area contributed by atoms with Crippen LogP contribution in [0.5, 0.6) is 0 Å². The van der Waals surface area contributed by atoms with Crippen LogP contribution in [-0.2, 0) is 14.3 Å². The zero-order valence-corrected chi connectivity index (χ0v) is 16.4. The first kappa shape index (κ1) is 21.2. The van der Waals surface area contributed by atoms with E-state index in [0.717, 1.165) is 4.90 Å². The summed E-state index contributed by atoms with van der Waals surface area (Å²) in [6.45, 7) is 1.44. The molecule has 0 spiro atoms. The second-order valence-corrected chi connectivity index (χ2v) is 6.81. The number of para-hydroxylation sites is 1. The van der Waals surface area contributed by atoms with Gasteiger partial charge in [-0.15, -0.1) is 11.8 Å². The summed E-state index contributed by atoms with van der Waals surface area (Å²) in [4.78, 5) is 37.3. The van der Waals surface area contributed by atoms with Crippen LogP contribution in [0.3, 0.4) is 0 Å². The highest BCUT2D eigenvalue weighted by atomic mass is 32.2. The standard InChI is InChI=1S/C21H20N2O4S/c1-14(21(26)23-18-6-4-3-5-16(18)13-22)27-20(25)12-11-19(24)15-7-9-17(28-2)10-8-15/h3-10,14H,11-12H2,1-2H3,(H,23,26)/t14-/m0/s1. The number of benzene rings is 2. The lowest BCUT2D eigenvalue weighted by atomic mass is 10.1. The number of nitrogens with zero attached hydrogens (tertiary/aromatic N) is 1. The van der Waals surface area contributed by atoms with Gasteiger partial charge in [-0.05, 0) is 37.4 Å². The average molecular weight is 396 g/mol. The molecule has 0 heterocycles. The van der Waals surface area contributed by atoms with Gasteiger partial charge in [0.05, 0.1) is 17.7 Å². The number of carbonyl (C=O) groups is 3. The molecule has 0 aliphatic heterocycles.